The van der Waals surface area contributed by atoms with E-state index in [0.717, 1.165) is 5.56 Å². The van der Waals surface area contributed by atoms with Gasteiger partial charge in [-0.1, -0.05) is 37.3 Å². The maximum Gasteiger partial charge on any atom is 0.282 e. The maximum absolute atomic E-state index is 12.7. The fraction of sp³-hybridized carbons (Fsp3) is 0.571. The molecule has 1 aliphatic heterocycles. The van der Waals surface area contributed by atoms with Crippen LogP contribution in [0.3, 0.4) is 0 Å². The van der Waals surface area contributed by atoms with Crippen molar-refractivity contribution in [1.29, 1.82) is 0 Å². The predicted octanol–water partition coefficient (Wildman–Crippen LogP) is 0.872. The van der Waals surface area contributed by atoms with Gasteiger partial charge in [0.05, 0.1) is 11.5 Å². The number of benzene rings is 1. The summed E-state index contributed by atoms with van der Waals surface area (Å²) in [4.78, 5) is 0. The Kier molecular flexibility index (Phi) is 5.26. The summed E-state index contributed by atoms with van der Waals surface area (Å²) in [6.45, 7) is 2.26. The number of hydrogen-bond acceptors (Lipinski definition) is 4. The largest absolute Gasteiger partial charge is 0.282 e. The van der Waals surface area contributed by atoms with Crippen molar-refractivity contribution in [2.45, 2.75) is 25.9 Å². The smallest absolute Gasteiger partial charge is 0.229 e. The molecule has 1 atom stereocenters. The van der Waals surface area contributed by atoms with Crippen molar-refractivity contribution in [3.05, 3.63) is 35.9 Å². The summed E-state index contributed by atoms with van der Waals surface area (Å²) in [5, 5.41) is 0. The lowest BCUT2D eigenvalue weighted by Crippen LogP contribution is -2.47. The third-order valence-corrected chi connectivity index (χ3v) is 7.68. The Morgan fingerprint density at radius 3 is 2.36 bits per heavy atom. The minimum Gasteiger partial charge on any atom is -0.229 e. The van der Waals surface area contributed by atoms with Crippen LogP contribution in [0.15, 0.2) is 30.3 Å². The van der Waals surface area contributed by atoms with E-state index >= 15 is 0 Å². The van der Waals surface area contributed by atoms with E-state index in [1.807, 2.05) is 30.3 Å². The van der Waals surface area contributed by atoms with Gasteiger partial charge in [-0.05, 0) is 12.0 Å². The van der Waals surface area contributed by atoms with Crippen LogP contribution >= 0.6 is 0 Å². The highest BCUT2D eigenvalue weighted by Gasteiger charge is 2.38. The van der Waals surface area contributed by atoms with Crippen molar-refractivity contribution >= 4 is 20.0 Å². The molecule has 1 aliphatic rings. The van der Waals surface area contributed by atoms with Gasteiger partial charge in [0.25, 0.3) is 10.2 Å². The number of hydrogen-bond donors (Lipinski definition) is 0. The summed E-state index contributed by atoms with van der Waals surface area (Å²) < 4.78 is 51.3. The standard InChI is InChI=1S/C14H22N2O4S2/c1-3-16(14-9-10-21(17,18)12-14)22(19,20)15(2)11-13-7-5-4-6-8-13/h4-8,14H,3,9-12H2,1-2H3/t14-/m1/s1. The van der Waals surface area contributed by atoms with Gasteiger partial charge in [-0.15, -0.1) is 0 Å². The molecule has 124 valence electrons. The number of rotatable bonds is 6. The third kappa shape index (κ3) is 3.87. The van der Waals surface area contributed by atoms with Crippen LogP contribution in [0.4, 0.5) is 0 Å². The molecule has 2 rings (SSSR count). The summed E-state index contributed by atoms with van der Waals surface area (Å²) in [5.74, 6) is -0.0225. The SMILES string of the molecule is CCN([C@@H]1CCS(=O)(=O)C1)S(=O)(=O)N(C)Cc1ccccc1. The quantitative estimate of drug-likeness (QED) is 0.766. The van der Waals surface area contributed by atoms with Crippen LogP contribution in [0.5, 0.6) is 0 Å². The first-order chi connectivity index (χ1) is 10.3. The molecule has 0 N–H and O–H groups in total. The molecule has 1 fully saturated rings. The second kappa shape index (κ2) is 6.66. The molecule has 0 bridgehead atoms. The summed E-state index contributed by atoms with van der Waals surface area (Å²) >= 11 is 0. The fourth-order valence-corrected chi connectivity index (χ4v) is 6.09. The van der Waals surface area contributed by atoms with Crippen molar-refractivity contribution in [3.63, 3.8) is 0 Å². The average molecular weight is 346 g/mol. The van der Waals surface area contributed by atoms with Gasteiger partial charge >= 0.3 is 0 Å². The normalized spacial score (nSPS) is 21.5. The second-order valence-electron chi connectivity index (χ2n) is 5.51. The van der Waals surface area contributed by atoms with E-state index in [4.69, 9.17) is 0 Å². The Morgan fingerprint density at radius 2 is 1.86 bits per heavy atom. The van der Waals surface area contributed by atoms with E-state index in [9.17, 15) is 16.8 Å². The number of sulfone groups is 1. The van der Waals surface area contributed by atoms with Gasteiger partial charge in [0.1, 0.15) is 0 Å². The lowest BCUT2D eigenvalue weighted by Gasteiger charge is -2.30. The molecular weight excluding hydrogens is 324 g/mol. The van der Waals surface area contributed by atoms with Crippen LogP contribution in [0.1, 0.15) is 18.9 Å². The van der Waals surface area contributed by atoms with E-state index in [0.29, 0.717) is 6.42 Å². The van der Waals surface area contributed by atoms with E-state index in [1.54, 1.807) is 6.92 Å². The Bertz CT molecular complexity index is 702. The topological polar surface area (TPSA) is 74.8 Å². The molecular formula is C14H22N2O4S2. The monoisotopic (exact) mass is 346 g/mol. The van der Waals surface area contributed by atoms with Crippen LogP contribution in [0.2, 0.25) is 0 Å². The molecule has 1 aromatic rings. The molecule has 0 unspecified atom stereocenters. The van der Waals surface area contributed by atoms with Gasteiger partial charge in [0.2, 0.25) is 0 Å². The van der Waals surface area contributed by atoms with E-state index < -0.39 is 26.1 Å². The molecule has 0 spiro atoms. The lowest BCUT2D eigenvalue weighted by molar-refractivity contribution is 0.317. The van der Waals surface area contributed by atoms with Crippen LogP contribution in [-0.2, 0) is 26.6 Å². The molecule has 0 aromatic heterocycles. The molecule has 0 amide bonds. The minimum atomic E-state index is -3.68. The minimum absolute atomic E-state index is 0.0616. The molecule has 22 heavy (non-hydrogen) atoms. The second-order valence-corrected chi connectivity index (χ2v) is 9.73. The van der Waals surface area contributed by atoms with Crippen LogP contribution in [0, 0.1) is 0 Å². The summed E-state index contributed by atoms with van der Waals surface area (Å²) in [7, 11) is -5.28. The molecule has 6 nitrogen and oxygen atoms in total. The van der Waals surface area contributed by atoms with Gasteiger partial charge in [0, 0.05) is 26.2 Å². The van der Waals surface area contributed by atoms with E-state index in [1.165, 1.54) is 15.7 Å². The van der Waals surface area contributed by atoms with E-state index in [2.05, 4.69) is 0 Å². The highest BCUT2D eigenvalue weighted by molar-refractivity contribution is 7.91. The molecule has 1 aromatic carbocycles. The summed E-state index contributed by atoms with van der Waals surface area (Å²) in [5.41, 5.74) is 0.892. The van der Waals surface area contributed by atoms with Gasteiger partial charge in [-0.25, -0.2) is 8.42 Å². The van der Waals surface area contributed by atoms with Crippen LogP contribution in [0.25, 0.3) is 0 Å². The molecule has 8 heteroatoms. The van der Waals surface area contributed by atoms with Gasteiger partial charge in [0.15, 0.2) is 9.84 Å². The van der Waals surface area contributed by atoms with Crippen molar-refractivity contribution in [2.24, 2.45) is 0 Å². The first-order valence-corrected chi connectivity index (χ1v) is 10.5. The Balaban J connectivity index is 2.16. The van der Waals surface area contributed by atoms with Gasteiger partial charge in [-0.2, -0.15) is 17.0 Å². The Hall–Kier alpha value is -0.960. The Labute approximate surface area is 132 Å². The molecule has 1 heterocycles. The lowest BCUT2D eigenvalue weighted by atomic mass is 10.2. The average Bonchev–Trinajstić information content (AvgIpc) is 2.80. The van der Waals surface area contributed by atoms with Crippen molar-refractivity contribution in [1.82, 2.24) is 8.61 Å². The van der Waals surface area contributed by atoms with Crippen LogP contribution < -0.4 is 0 Å². The molecule has 0 saturated carbocycles. The summed E-state index contributed by atoms with van der Waals surface area (Å²) in [6, 6.07) is 8.86. The summed E-state index contributed by atoms with van der Waals surface area (Å²) in [6.07, 6.45) is 0.370. The van der Waals surface area contributed by atoms with Crippen molar-refractivity contribution in [3.8, 4) is 0 Å². The maximum atomic E-state index is 12.7. The number of nitrogens with zero attached hydrogens (tertiary/aromatic N) is 2. The predicted molar refractivity (Wildman–Crippen MR) is 86.3 cm³/mol. The fourth-order valence-electron chi connectivity index (χ4n) is 2.71. The molecule has 0 aliphatic carbocycles. The first-order valence-electron chi connectivity index (χ1n) is 7.23. The third-order valence-electron chi connectivity index (χ3n) is 3.87. The highest BCUT2D eigenvalue weighted by Crippen LogP contribution is 2.22. The zero-order chi connectivity index (χ0) is 16.4. The van der Waals surface area contributed by atoms with Gasteiger partial charge < -0.3 is 0 Å². The van der Waals surface area contributed by atoms with Crippen molar-refractivity contribution in [2.75, 3.05) is 25.1 Å². The molecule has 0 radical (unpaired) electrons. The van der Waals surface area contributed by atoms with Crippen molar-refractivity contribution < 1.29 is 16.8 Å². The van der Waals surface area contributed by atoms with Gasteiger partial charge in [-0.3, -0.25) is 0 Å². The van der Waals surface area contributed by atoms with Crippen LogP contribution in [-0.4, -0.2) is 56.6 Å². The first kappa shape index (κ1) is 17.4. The van der Waals surface area contributed by atoms with E-state index in [-0.39, 0.29) is 24.6 Å². The molecule has 1 saturated heterocycles. The zero-order valence-corrected chi connectivity index (χ0v) is 14.5. The zero-order valence-electron chi connectivity index (χ0n) is 12.8. The Morgan fingerprint density at radius 1 is 1.23 bits per heavy atom. The highest BCUT2D eigenvalue weighted by atomic mass is 32.2.